The summed E-state index contributed by atoms with van der Waals surface area (Å²) in [5.74, 6) is -0.775. The number of nitrogens with one attached hydrogen (secondary N) is 1. The van der Waals surface area contributed by atoms with Gasteiger partial charge in [0.15, 0.2) is 0 Å². The van der Waals surface area contributed by atoms with Crippen molar-refractivity contribution in [3.8, 4) is 0 Å². The van der Waals surface area contributed by atoms with Gasteiger partial charge in [-0.3, -0.25) is 4.79 Å². The van der Waals surface area contributed by atoms with E-state index in [0.29, 0.717) is 0 Å². The third kappa shape index (κ3) is 4.52. The lowest BCUT2D eigenvalue weighted by Gasteiger charge is -2.29. The highest BCUT2D eigenvalue weighted by molar-refractivity contribution is 7.10. The summed E-state index contributed by atoms with van der Waals surface area (Å²) in [5.41, 5.74) is 0. The number of carbonyl (C=O) groups is 2. The van der Waals surface area contributed by atoms with E-state index in [1.54, 1.807) is 25.2 Å². The lowest BCUT2D eigenvalue weighted by atomic mass is 10.0. The molecule has 1 aromatic heterocycles. The van der Waals surface area contributed by atoms with E-state index in [0.717, 1.165) is 4.88 Å². The zero-order valence-corrected chi connectivity index (χ0v) is 13.1. The molecule has 1 unspecified atom stereocenters. The average molecular weight is 298 g/mol. The first-order chi connectivity index (χ1) is 9.32. The Morgan fingerprint density at radius 1 is 1.35 bits per heavy atom. The van der Waals surface area contributed by atoms with Gasteiger partial charge in [0.2, 0.25) is 0 Å². The van der Waals surface area contributed by atoms with Gasteiger partial charge in [0, 0.05) is 10.9 Å². The van der Waals surface area contributed by atoms with Crippen LogP contribution in [-0.4, -0.2) is 34.6 Å². The molecule has 112 valence electrons. The molecule has 0 saturated heterocycles. The van der Waals surface area contributed by atoms with Crippen LogP contribution in [0.4, 0.5) is 4.79 Å². The molecule has 6 heteroatoms. The van der Waals surface area contributed by atoms with E-state index in [9.17, 15) is 9.59 Å². The van der Waals surface area contributed by atoms with Crippen molar-refractivity contribution in [3.05, 3.63) is 22.4 Å². The Morgan fingerprint density at radius 3 is 2.40 bits per heavy atom. The summed E-state index contributed by atoms with van der Waals surface area (Å²) in [4.78, 5) is 25.5. The highest BCUT2D eigenvalue weighted by Gasteiger charge is 2.25. The van der Waals surface area contributed by atoms with Crippen LogP contribution in [0, 0.1) is 5.92 Å². The summed E-state index contributed by atoms with van der Waals surface area (Å²) in [7, 11) is 0. The SMILES string of the molecule is CC(C)C(NC(=O)N(CC(=O)O)C(C)C)c1cccs1. The molecule has 2 amide bonds. The number of carbonyl (C=O) groups excluding carboxylic acids is 1. The van der Waals surface area contributed by atoms with Gasteiger partial charge in [-0.1, -0.05) is 19.9 Å². The summed E-state index contributed by atoms with van der Waals surface area (Å²) < 4.78 is 0. The third-order valence-electron chi connectivity index (χ3n) is 2.99. The normalized spacial score (nSPS) is 12.5. The van der Waals surface area contributed by atoms with Crippen molar-refractivity contribution in [2.75, 3.05) is 6.54 Å². The van der Waals surface area contributed by atoms with Crippen LogP contribution in [0.25, 0.3) is 0 Å². The summed E-state index contributed by atoms with van der Waals surface area (Å²) in [6, 6.07) is 3.32. The van der Waals surface area contributed by atoms with Crippen molar-refractivity contribution in [2.24, 2.45) is 5.92 Å². The van der Waals surface area contributed by atoms with Crippen LogP contribution in [0.1, 0.15) is 38.6 Å². The molecule has 1 aromatic rings. The summed E-state index contributed by atoms with van der Waals surface area (Å²) in [6.07, 6.45) is 0. The van der Waals surface area contributed by atoms with Gasteiger partial charge in [-0.2, -0.15) is 0 Å². The largest absolute Gasteiger partial charge is 0.480 e. The van der Waals surface area contributed by atoms with E-state index in [-0.39, 0.29) is 30.6 Å². The number of rotatable bonds is 6. The summed E-state index contributed by atoms with van der Waals surface area (Å²) >= 11 is 1.59. The Morgan fingerprint density at radius 2 is 2.00 bits per heavy atom. The molecule has 0 radical (unpaired) electrons. The molecule has 0 fully saturated rings. The van der Waals surface area contributed by atoms with Crippen molar-refractivity contribution in [1.82, 2.24) is 10.2 Å². The van der Waals surface area contributed by atoms with Gasteiger partial charge in [-0.15, -0.1) is 11.3 Å². The van der Waals surface area contributed by atoms with Gasteiger partial charge in [0.25, 0.3) is 0 Å². The second kappa shape index (κ2) is 7.28. The fourth-order valence-electron chi connectivity index (χ4n) is 1.89. The molecular formula is C14H22N2O3S. The molecule has 0 saturated carbocycles. The monoisotopic (exact) mass is 298 g/mol. The van der Waals surface area contributed by atoms with E-state index < -0.39 is 5.97 Å². The van der Waals surface area contributed by atoms with Crippen LogP contribution in [0.15, 0.2) is 17.5 Å². The summed E-state index contributed by atoms with van der Waals surface area (Å²) in [5, 5.41) is 13.8. The van der Waals surface area contributed by atoms with Crippen LogP contribution in [0.3, 0.4) is 0 Å². The fourth-order valence-corrected chi connectivity index (χ4v) is 2.83. The zero-order valence-electron chi connectivity index (χ0n) is 12.3. The molecule has 0 aromatic carbocycles. The number of thiophene rings is 1. The predicted octanol–water partition coefficient (Wildman–Crippen LogP) is 2.95. The van der Waals surface area contributed by atoms with Crippen molar-refractivity contribution in [2.45, 2.75) is 39.8 Å². The highest BCUT2D eigenvalue weighted by atomic mass is 32.1. The minimum absolute atomic E-state index is 0.0995. The van der Waals surface area contributed by atoms with Crippen LogP contribution in [0.2, 0.25) is 0 Å². The molecule has 5 nitrogen and oxygen atoms in total. The lowest BCUT2D eigenvalue weighted by molar-refractivity contribution is -0.138. The third-order valence-corrected chi connectivity index (χ3v) is 3.94. The molecular weight excluding hydrogens is 276 g/mol. The van der Waals surface area contributed by atoms with Crippen molar-refractivity contribution in [1.29, 1.82) is 0 Å². The van der Waals surface area contributed by atoms with Crippen LogP contribution in [0.5, 0.6) is 0 Å². The van der Waals surface area contributed by atoms with Gasteiger partial charge < -0.3 is 15.3 Å². The Kier molecular flexibility index (Phi) is 6.01. The Labute approximate surface area is 123 Å². The van der Waals surface area contributed by atoms with Gasteiger partial charge in [-0.05, 0) is 31.2 Å². The van der Waals surface area contributed by atoms with Crippen molar-refractivity contribution >= 4 is 23.3 Å². The molecule has 1 atom stereocenters. The molecule has 1 heterocycles. The van der Waals surface area contributed by atoms with Crippen molar-refractivity contribution < 1.29 is 14.7 Å². The maximum absolute atomic E-state index is 12.3. The molecule has 0 aliphatic rings. The minimum Gasteiger partial charge on any atom is -0.480 e. The number of carboxylic acids is 1. The van der Waals surface area contributed by atoms with Gasteiger partial charge >= 0.3 is 12.0 Å². The van der Waals surface area contributed by atoms with E-state index in [2.05, 4.69) is 5.32 Å². The lowest BCUT2D eigenvalue weighted by Crippen LogP contribution is -2.48. The van der Waals surface area contributed by atoms with Crippen LogP contribution < -0.4 is 5.32 Å². The van der Waals surface area contributed by atoms with E-state index in [4.69, 9.17) is 5.11 Å². The summed E-state index contributed by atoms with van der Waals surface area (Å²) in [6.45, 7) is 7.37. The maximum Gasteiger partial charge on any atom is 0.323 e. The molecule has 0 aliphatic heterocycles. The Hall–Kier alpha value is -1.56. The van der Waals surface area contributed by atoms with Crippen LogP contribution >= 0.6 is 11.3 Å². The number of aliphatic carboxylic acids is 1. The smallest absolute Gasteiger partial charge is 0.323 e. The number of amides is 2. The molecule has 2 N–H and O–H groups in total. The Balaban J connectivity index is 2.81. The van der Waals surface area contributed by atoms with Crippen molar-refractivity contribution in [3.63, 3.8) is 0 Å². The zero-order chi connectivity index (χ0) is 15.3. The molecule has 0 spiro atoms. The van der Waals surface area contributed by atoms with Gasteiger partial charge in [0.05, 0.1) is 6.04 Å². The molecule has 1 rings (SSSR count). The topological polar surface area (TPSA) is 69.6 Å². The van der Waals surface area contributed by atoms with E-state index in [1.807, 2.05) is 31.4 Å². The molecule has 0 aliphatic carbocycles. The number of urea groups is 1. The second-order valence-corrected chi connectivity index (χ2v) is 6.28. The van der Waals surface area contributed by atoms with E-state index >= 15 is 0 Å². The second-order valence-electron chi connectivity index (χ2n) is 5.30. The van der Waals surface area contributed by atoms with Gasteiger partial charge in [-0.25, -0.2) is 4.79 Å². The van der Waals surface area contributed by atoms with E-state index in [1.165, 1.54) is 4.90 Å². The first kappa shape index (κ1) is 16.5. The first-order valence-corrected chi connectivity index (χ1v) is 7.53. The quantitative estimate of drug-likeness (QED) is 0.848. The average Bonchev–Trinajstić information content (AvgIpc) is 2.85. The number of carboxylic acid groups (broad SMARTS) is 1. The Bertz CT molecular complexity index is 443. The standard InChI is InChI=1S/C14H22N2O3S/c1-9(2)13(11-6-5-7-20-11)15-14(19)16(10(3)4)8-12(17)18/h5-7,9-10,13H,8H2,1-4H3,(H,15,19)(H,17,18). The number of hydrogen-bond donors (Lipinski definition) is 2. The maximum atomic E-state index is 12.3. The van der Waals surface area contributed by atoms with Gasteiger partial charge in [0.1, 0.15) is 6.54 Å². The van der Waals surface area contributed by atoms with Crippen LogP contribution in [-0.2, 0) is 4.79 Å². The first-order valence-electron chi connectivity index (χ1n) is 6.65. The molecule has 0 bridgehead atoms. The minimum atomic E-state index is -1.01. The molecule has 20 heavy (non-hydrogen) atoms. The number of hydrogen-bond acceptors (Lipinski definition) is 3. The predicted molar refractivity (Wildman–Crippen MR) is 79.9 cm³/mol. The fraction of sp³-hybridized carbons (Fsp3) is 0.571. The number of nitrogens with zero attached hydrogens (tertiary/aromatic N) is 1. The highest BCUT2D eigenvalue weighted by Crippen LogP contribution is 2.26.